The molecule has 2 aromatic heterocycles. The van der Waals surface area contributed by atoms with E-state index >= 15 is 0 Å². The van der Waals surface area contributed by atoms with E-state index in [0.29, 0.717) is 6.54 Å². The molecule has 0 aliphatic carbocycles. The Hall–Kier alpha value is -2.37. The summed E-state index contributed by atoms with van der Waals surface area (Å²) in [6.07, 6.45) is 9.25. The Bertz CT molecular complexity index is 598. The average Bonchev–Trinajstić information content (AvgIpc) is 3.18. The third-order valence-corrected chi connectivity index (χ3v) is 3.99. The zero-order valence-electron chi connectivity index (χ0n) is 12.7. The van der Waals surface area contributed by atoms with Gasteiger partial charge in [0, 0.05) is 37.4 Å². The predicted octanol–water partition coefficient (Wildman–Crippen LogP) is 2.21. The number of hydrogen-bond acceptors (Lipinski definition) is 3. The van der Waals surface area contributed by atoms with Crippen LogP contribution in [0.4, 0.5) is 4.79 Å². The molecule has 6 heteroatoms. The van der Waals surface area contributed by atoms with E-state index in [9.17, 15) is 4.79 Å². The minimum atomic E-state index is -0.000955. The summed E-state index contributed by atoms with van der Waals surface area (Å²) in [4.78, 5) is 18.5. The Morgan fingerprint density at radius 1 is 1.41 bits per heavy atom. The lowest BCUT2D eigenvalue weighted by Gasteiger charge is -2.27. The molecule has 1 aliphatic heterocycles. The number of aromatic nitrogens is 3. The first-order valence-corrected chi connectivity index (χ1v) is 7.68. The molecule has 1 aliphatic rings. The van der Waals surface area contributed by atoms with Crippen molar-refractivity contribution in [2.75, 3.05) is 6.54 Å². The average molecular weight is 299 g/mol. The van der Waals surface area contributed by atoms with Crippen molar-refractivity contribution < 1.29 is 4.79 Å². The SMILES string of the molecule is C[C@H](Cn1cccn1)NC(=O)N1CCC[C@@H]1c1ccncc1. The van der Waals surface area contributed by atoms with Crippen molar-refractivity contribution >= 4 is 6.03 Å². The molecule has 3 rings (SSSR count). The van der Waals surface area contributed by atoms with E-state index in [1.807, 2.05) is 40.9 Å². The first-order valence-electron chi connectivity index (χ1n) is 7.68. The van der Waals surface area contributed by atoms with Crippen LogP contribution in [0.25, 0.3) is 0 Å². The van der Waals surface area contributed by atoms with Gasteiger partial charge < -0.3 is 10.2 Å². The maximum Gasteiger partial charge on any atom is 0.318 e. The summed E-state index contributed by atoms with van der Waals surface area (Å²) in [5, 5.41) is 7.24. The highest BCUT2D eigenvalue weighted by Crippen LogP contribution is 2.31. The topological polar surface area (TPSA) is 63.1 Å². The molecule has 0 radical (unpaired) electrons. The fourth-order valence-corrected chi connectivity index (χ4v) is 2.97. The molecule has 0 bridgehead atoms. The maximum atomic E-state index is 12.5. The summed E-state index contributed by atoms with van der Waals surface area (Å²) in [7, 11) is 0. The van der Waals surface area contributed by atoms with Gasteiger partial charge in [-0.05, 0) is 43.5 Å². The van der Waals surface area contributed by atoms with Gasteiger partial charge in [-0.3, -0.25) is 9.67 Å². The molecule has 2 amide bonds. The fraction of sp³-hybridized carbons (Fsp3) is 0.438. The Kier molecular flexibility index (Phi) is 4.37. The number of hydrogen-bond donors (Lipinski definition) is 1. The first-order chi connectivity index (χ1) is 10.7. The molecule has 0 spiro atoms. The normalized spacial score (nSPS) is 19.1. The molecule has 6 nitrogen and oxygen atoms in total. The van der Waals surface area contributed by atoms with Crippen LogP contribution < -0.4 is 5.32 Å². The molecule has 2 aromatic rings. The number of likely N-dealkylation sites (tertiary alicyclic amines) is 1. The Balaban J connectivity index is 1.61. The second-order valence-electron chi connectivity index (χ2n) is 5.71. The molecule has 1 saturated heterocycles. The largest absolute Gasteiger partial charge is 0.334 e. The van der Waals surface area contributed by atoms with Crippen molar-refractivity contribution in [3.05, 3.63) is 48.5 Å². The predicted molar refractivity (Wildman–Crippen MR) is 83.1 cm³/mol. The van der Waals surface area contributed by atoms with Crippen LogP contribution in [0.5, 0.6) is 0 Å². The molecule has 2 atom stereocenters. The number of amides is 2. The van der Waals surface area contributed by atoms with Crippen molar-refractivity contribution in [3.8, 4) is 0 Å². The summed E-state index contributed by atoms with van der Waals surface area (Å²) in [5.41, 5.74) is 1.15. The van der Waals surface area contributed by atoms with Gasteiger partial charge in [0.15, 0.2) is 0 Å². The summed E-state index contributed by atoms with van der Waals surface area (Å²) < 4.78 is 1.83. The quantitative estimate of drug-likeness (QED) is 0.941. The van der Waals surface area contributed by atoms with Gasteiger partial charge in [0.05, 0.1) is 12.6 Å². The fourth-order valence-electron chi connectivity index (χ4n) is 2.97. The van der Waals surface area contributed by atoms with E-state index in [0.717, 1.165) is 24.9 Å². The number of nitrogens with one attached hydrogen (secondary N) is 1. The zero-order valence-corrected chi connectivity index (χ0v) is 12.7. The second kappa shape index (κ2) is 6.60. The van der Waals surface area contributed by atoms with Gasteiger partial charge in [-0.2, -0.15) is 5.10 Å². The molecule has 22 heavy (non-hydrogen) atoms. The Morgan fingerprint density at radius 2 is 2.23 bits per heavy atom. The number of rotatable bonds is 4. The molecular weight excluding hydrogens is 278 g/mol. The molecule has 0 aromatic carbocycles. The highest BCUT2D eigenvalue weighted by molar-refractivity contribution is 5.75. The van der Waals surface area contributed by atoms with Gasteiger partial charge in [-0.25, -0.2) is 4.79 Å². The van der Waals surface area contributed by atoms with Gasteiger partial charge in [0.1, 0.15) is 0 Å². The molecular formula is C16H21N5O. The van der Waals surface area contributed by atoms with Crippen molar-refractivity contribution in [1.82, 2.24) is 25.0 Å². The number of urea groups is 1. The van der Waals surface area contributed by atoms with Crippen LogP contribution in [0.2, 0.25) is 0 Å². The molecule has 3 heterocycles. The van der Waals surface area contributed by atoms with Crippen LogP contribution in [0.3, 0.4) is 0 Å². The summed E-state index contributed by atoms with van der Waals surface area (Å²) in [6, 6.07) is 6.05. The van der Waals surface area contributed by atoms with Crippen molar-refractivity contribution in [1.29, 1.82) is 0 Å². The van der Waals surface area contributed by atoms with Crippen LogP contribution in [0.1, 0.15) is 31.4 Å². The molecule has 116 valence electrons. The standard InChI is InChI=1S/C16H21N5O/c1-13(12-20-10-3-7-18-20)19-16(22)21-11-2-4-15(21)14-5-8-17-9-6-14/h3,5-10,13,15H,2,4,11-12H2,1H3,(H,19,22)/t13-,15-/m1/s1. The van der Waals surface area contributed by atoms with E-state index in [-0.39, 0.29) is 18.1 Å². The van der Waals surface area contributed by atoms with Crippen molar-refractivity contribution in [2.24, 2.45) is 0 Å². The number of nitrogens with zero attached hydrogens (tertiary/aromatic N) is 4. The van der Waals surface area contributed by atoms with E-state index in [2.05, 4.69) is 15.4 Å². The van der Waals surface area contributed by atoms with Crippen LogP contribution in [0, 0.1) is 0 Å². The van der Waals surface area contributed by atoms with Gasteiger partial charge in [0.2, 0.25) is 0 Å². The summed E-state index contributed by atoms with van der Waals surface area (Å²) in [6.45, 7) is 3.47. The highest BCUT2D eigenvalue weighted by atomic mass is 16.2. The van der Waals surface area contributed by atoms with Crippen molar-refractivity contribution in [3.63, 3.8) is 0 Å². The van der Waals surface area contributed by atoms with Crippen LogP contribution in [-0.4, -0.2) is 38.3 Å². The summed E-state index contributed by atoms with van der Waals surface area (Å²) in [5.74, 6) is 0. The Morgan fingerprint density at radius 3 is 2.95 bits per heavy atom. The molecule has 0 unspecified atom stereocenters. The summed E-state index contributed by atoms with van der Waals surface area (Å²) >= 11 is 0. The lowest BCUT2D eigenvalue weighted by molar-refractivity contribution is 0.188. The van der Waals surface area contributed by atoms with E-state index in [1.54, 1.807) is 18.6 Å². The third kappa shape index (κ3) is 3.27. The van der Waals surface area contributed by atoms with E-state index in [4.69, 9.17) is 0 Å². The minimum absolute atomic E-state index is 0.000955. The van der Waals surface area contributed by atoms with Gasteiger partial charge in [-0.15, -0.1) is 0 Å². The first kappa shape index (κ1) is 14.6. The maximum absolute atomic E-state index is 12.5. The van der Waals surface area contributed by atoms with Crippen molar-refractivity contribution in [2.45, 2.75) is 38.4 Å². The smallest absolute Gasteiger partial charge is 0.318 e. The lowest BCUT2D eigenvalue weighted by Crippen LogP contribution is -2.44. The van der Waals surface area contributed by atoms with Gasteiger partial charge in [-0.1, -0.05) is 0 Å². The van der Waals surface area contributed by atoms with E-state index in [1.165, 1.54) is 0 Å². The number of carbonyl (C=O) groups is 1. The van der Waals surface area contributed by atoms with Gasteiger partial charge >= 0.3 is 6.03 Å². The van der Waals surface area contributed by atoms with Crippen LogP contribution >= 0.6 is 0 Å². The molecule has 1 N–H and O–H groups in total. The zero-order chi connectivity index (χ0) is 15.4. The third-order valence-electron chi connectivity index (χ3n) is 3.99. The van der Waals surface area contributed by atoms with Crippen LogP contribution in [-0.2, 0) is 6.54 Å². The molecule has 1 fully saturated rings. The number of pyridine rings is 1. The Labute approximate surface area is 130 Å². The minimum Gasteiger partial charge on any atom is -0.334 e. The van der Waals surface area contributed by atoms with Crippen LogP contribution in [0.15, 0.2) is 43.0 Å². The monoisotopic (exact) mass is 299 g/mol. The lowest BCUT2D eigenvalue weighted by atomic mass is 10.1. The van der Waals surface area contributed by atoms with E-state index < -0.39 is 0 Å². The van der Waals surface area contributed by atoms with Gasteiger partial charge in [0.25, 0.3) is 0 Å². The molecule has 0 saturated carbocycles. The number of carbonyl (C=O) groups excluding carboxylic acids is 1. The highest BCUT2D eigenvalue weighted by Gasteiger charge is 2.30. The second-order valence-corrected chi connectivity index (χ2v) is 5.71.